The van der Waals surface area contributed by atoms with Gasteiger partial charge in [-0.3, -0.25) is 8.98 Å². The first-order chi connectivity index (χ1) is 17.0. The molecule has 3 aromatic rings. The van der Waals surface area contributed by atoms with Crippen LogP contribution < -0.4 is 16.2 Å². The van der Waals surface area contributed by atoms with Gasteiger partial charge in [-0.25, -0.2) is 20.1 Å². The predicted molar refractivity (Wildman–Crippen MR) is 138 cm³/mol. The standard InChI is InChI=1S/C21H22BrClN6O5S2/c22-17-3-1-2-14(29-17)18(24)12-6-16(35-20(12)23)19(31)13-7-26-9-27-21(13)28-11-4-10(15(30)5-11)8-34-36(25,32)33/h1-3,6-7,9-11,15,18,30H,4-5,8,24H2,(H2,25,32,33)(H,26,27,28)/t10-,11-,15+,18?/m1/s1. The van der Waals surface area contributed by atoms with E-state index in [9.17, 15) is 18.3 Å². The first kappa shape index (κ1) is 27.0. The van der Waals surface area contributed by atoms with Crippen LogP contribution in [0.25, 0.3) is 0 Å². The molecule has 1 aliphatic rings. The minimum atomic E-state index is -4.11. The van der Waals surface area contributed by atoms with Gasteiger partial charge < -0.3 is 16.2 Å². The Labute approximate surface area is 224 Å². The number of thiophene rings is 1. The van der Waals surface area contributed by atoms with Crippen molar-refractivity contribution in [3.05, 3.63) is 67.4 Å². The highest BCUT2D eigenvalue weighted by molar-refractivity contribution is 9.10. The van der Waals surface area contributed by atoms with Crippen molar-refractivity contribution >= 4 is 60.8 Å². The molecule has 1 unspecified atom stereocenters. The van der Waals surface area contributed by atoms with Gasteiger partial charge >= 0.3 is 10.3 Å². The summed E-state index contributed by atoms with van der Waals surface area (Å²) in [5, 5.41) is 18.3. The van der Waals surface area contributed by atoms with E-state index in [1.165, 1.54) is 12.5 Å². The molecule has 0 radical (unpaired) electrons. The van der Waals surface area contributed by atoms with Gasteiger partial charge in [0, 0.05) is 23.7 Å². The second-order valence-electron chi connectivity index (χ2n) is 8.23. The zero-order chi connectivity index (χ0) is 26.0. The highest BCUT2D eigenvalue weighted by atomic mass is 79.9. The van der Waals surface area contributed by atoms with E-state index >= 15 is 0 Å². The molecule has 3 aromatic heterocycles. The van der Waals surface area contributed by atoms with Crippen LogP contribution in [-0.2, 0) is 14.5 Å². The Morgan fingerprint density at radius 1 is 1.39 bits per heavy atom. The lowest BCUT2D eigenvalue weighted by atomic mass is 10.1. The van der Waals surface area contributed by atoms with Gasteiger partial charge in [0.2, 0.25) is 5.78 Å². The molecule has 11 nitrogen and oxygen atoms in total. The molecule has 0 amide bonds. The smallest absolute Gasteiger partial charge is 0.333 e. The minimum absolute atomic E-state index is 0.217. The van der Waals surface area contributed by atoms with E-state index in [1.807, 2.05) is 6.07 Å². The van der Waals surface area contributed by atoms with Crippen molar-refractivity contribution in [2.45, 2.75) is 31.0 Å². The predicted octanol–water partition coefficient (Wildman–Crippen LogP) is 2.40. The van der Waals surface area contributed by atoms with Crippen LogP contribution in [-0.4, -0.2) is 53.0 Å². The van der Waals surface area contributed by atoms with Gasteiger partial charge in [-0.15, -0.1) is 11.3 Å². The van der Waals surface area contributed by atoms with Crippen LogP contribution in [0.5, 0.6) is 0 Å². The van der Waals surface area contributed by atoms with Crippen molar-refractivity contribution < 1.29 is 22.5 Å². The number of carbonyl (C=O) groups excluding carboxylic acids is 1. The summed E-state index contributed by atoms with van der Waals surface area (Å²) < 4.78 is 27.8. The van der Waals surface area contributed by atoms with Crippen LogP contribution in [0.4, 0.5) is 5.82 Å². The Kier molecular flexibility index (Phi) is 8.36. The summed E-state index contributed by atoms with van der Waals surface area (Å²) in [5.74, 6) is -0.517. The number of nitrogens with one attached hydrogen (secondary N) is 1. The van der Waals surface area contributed by atoms with Crippen LogP contribution in [0.2, 0.25) is 4.34 Å². The molecule has 0 bridgehead atoms. The summed E-state index contributed by atoms with van der Waals surface area (Å²) in [4.78, 5) is 26.3. The number of nitrogens with zero attached hydrogens (tertiary/aromatic N) is 3. The molecule has 1 aliphatic carbocycles. The van der Waals surface area contributed by atoms with Crippen molar-refractivity contribution in [2.75, 3.05) is 11.9 Å². The Bertz CT molecular complexity index is 1370. The lowest BCUT2D eigenvalue weighted by Crippen LogP contribution is -2.24. The molecule has 0 aliphatic heterocycles. The van der Waals surface area contributed by atoms with Gasteiger partial charge in [-0.2, -0.15) is 8.42 Å². The SMILES string of the molecule is NC(c1cccc(Br)n1)c1cc(C(=O)c2cncnc2N[C@@H]2C[C@H](COS(N)(=O)=O)[C@@H](O)C2)sc1Cl. The summed E-state index contributed by atoms with van der Waals surface area (Å²) in [6, 6.07) is 6.09. The number of anilines is 1. The minimum Gasteiger partial charge on any atom is -0.393 e. The van der Waals surface area contributed by atoms with E-state index < -0.39 is 28.4 Å². The maximum Gasteiger partial charge on any atom is 0.333 e. The molecular weight excluding hydrogens is 596 g/mol. The van der Waals surface area contributed by atoms with E-state index in [4.69, 9.17) is 22.5 Å². The molecule has 6 N–H and O–H groups in total. The third kappa shape index (κ3) is 6.44. The van der Waals surface area contributed by atoms with Gasteiger partial charge in [0.1, 0.15) is 16.7 Å². The number of aromatic nitrogens is 3. The zero-order valence-electron chi connectivity index (χ0n) is 18.5. The lowest BCUT2D eigenvalue weighted by Gasteiger charge is -2.15. The fourth-order valence-electron chi connectivity index (χ4n) is 3.98. The summed E-state index contributed by atoms with van der Waals surface area (Å²) >= 11 is 10.9. The molecule has 192 valence electrons. The molecule has 36 heavy (non-hydrogen) atoms. The number of hydrogen-bond acceptors (Lipinski definition) is 11. The fraction of sp³-hybridized carbons (Fsp3) is 0.333. The summed E-state index contributed by atoms with van der Waals surface area (Å²) in [5.41, 5.74) is 7.74. The average Bonchev–Trinajstić information content (AvgIpc) is 3.38. The van der Waals surface area contributed by atoms with Crippen LogP contribution in [0.3, 0.4) is 0 Å². The van der Waals surface area contributed by atoms with E-state index in [1.54, 1.807) is 18.2 Å². The van der Waals surface area contributed by atoms with Gasteiger partial charge in [-0.05, 0) is 47.0 Å². The maximum absolute atomic E-state index is 13.4. The number of aliphatic hydroxyl groups excluding tert-OH is 1. The molecule has 0 spiro atoms. The summed E-state index contributed by atoms with van der Waals surface area (Å²) in [6.45, 7) is -0.239. The number of carbonyl (C=O) groups is 1. The van der Waals surface area contributed by atoms with Gasteiger partial charge in [0.05, 0.1) is 39.2 Å². The van der Waals surface area contributed by atoms with Crippen molar-refractivity contribution in [3.8, 4) is 0 Å². The monoisotopic (exact) mass is 616 g/mol. The quantitative estimate of drug-likeness (QED) is 0.205. The van der Waals surface area contributed by atoms with Crippen LogP contribution >= 0.6 is 38.9 Å². The maximum atomic E-state index is 13.4. The molecule has 1 saturated carbocycles. The van der Waals surface area contributed by atoms with E-state index in [0.29, 0.717) is 37.9 Å². The number of hydrogen-bond donors (Lipinski definition) is 4. The first-order valence-corrected chi connectivity index (χ1v) is 14.1. The number of pyridine rings is 1. The second kappa shape index (κ2) is 11.1. The van der Waals surface area contributed by atoms with Crippen LogP contribution in [0.1, 0.15) is 45.4 Å². The highest BCUT2D eigenvalue weighted by Gasteiger charge is 2.35. The van der Waals surface area contributed by atoms with Crippen LogP contribution in [0, 0.1) is 5.92 Å². The third-order valence-electron chi connectivity index (χ3n) is 5.73. The largest absolute Gasteiger partial charge is 0.393 e. The third-order valence-corrected chi connectivity index (χ3v) is 8.02. The number of rotatable bonds is 9. The molecule has 0 aromatic carbocycles. The van der Waals surface area contributed by atoms with Gasteiger partial charge in [-0.1, -0.05) is 17.7 Å². The topological polar surface area (TPSA) is 183 Å². The molecule has 4 rings (SSSR count). The van der Waals surface area contributed by atoms with Gasteiger partial charge in [0.15, 0.2) is 0 Å². The first-order valence-electron chi connectivity index (χ1n) is 10.7. The second-order valence-corrected chi connectivity index (χ2v) is 11.9. The Morgan fingerprint density at radius 2 is 2.17 bits per heavy atom. The molecule has 3 heterocycles. The van der Waals surface area contributed by atoms with E-state index in [0.717, 1.165) is 11.3 Å². The Hall–Kier alpha value is -2.04. The normalized spacial score (nSPS) is 20.9. The molecule has 0 saturated heterocycles. The summed E-state index contributed by atoms with van der Waals surface area (Å²) in [6.07, 6.45) is 2.58. The lowest BCUT2D eigenvalue weighted by molar-refractivity contribution is 0.101. The molecular formula is C21H22BrClN6O5S2. The molecule has 1 fully saturated rings. The Balaban J connectivity index is 1.51. The number of aliphatic hydroxyl groups is 1. The Morgan fingerprint density at radius 3 is 2.89 bits per heavy atom. The molecule has 15 heteroatoms. The van der Waals surface area contributed by atoms with Gasteiger partial charge in [0.25, 0.3) is 0 Å². The molecule has 4 atom stereocenters. The zero-order valence-corrected chi connectivity index (χ0v) is 22.5. The van der Waals surface area contributed by atoms with Crippen molar-refractivity contribution in [1.82, 2.24) is 15.0 Å². The number of nitrogens with two attached hydrogens (primary N) is 2. The van der Waals surface area contributed by atoms with Crippen LogP contribution in [0.15, 0.2) is 41.4 Å². The number of halogens is 2. The average molecular weight is 618 g/mol. The summed E-state index contributed by atoms with van der Waals surface area (Å²) in [7, 11) is -4.11. The number of ketones is 1. The highest BCUT2D eigenvalue weighted by Crippen LogP contribution is 2.36. The van der Waals surface area contributed by atoms with Crippen molar-refractivity contribution in [3.63, 3.8) is 0 Å². The van der Waals surface area contributed by atoms with E-state index in [-0.39, 0.29) is 29.8 Å². The van der Waals surface area contributed by atoms with Crippen molar-refractivity contribution in [1.29, 1.82) is 0 Å². The van der Waals surface area contributed by atoms with Crippen molar-refractivity contribution in [2.24, 2.45) is 16.8 Å². The fourth-order valence-corrected chi connectivity index (χ4v) is 6.01. The van der Waals surface area contributed by atoms with E-state index in [2.05, 4.69) is 40.4 Å².